The lowest BCUT2D eigenvalue weighted by Gasteiger charge is -2.27. The van der Waals surface area contributed by atoms with Gasteiger partial charge >= 0.3 is 5.97 Å². The fourth-order valence-corrected chi connectivity index (χ4v) is 4.19. The Morgan fingerprint density at radius 2 is 1.51 bits per heavy atom. The average Bonchev–Trinajstić information content (AvgIpc) is 3.14. The third kappa shape index (κ3) is 4.50. The highest BCUT2D eigenvalue weighted by Gasteiger charge is 2.52. The second kappa shape index (κ2) is 9.80. The molecule has 1 heterocycles. The van der Waals surface area contributed by atoms with Gasteiger partial charge in [0.25, 0.3) is 11.6 Å². The molecule has 1 aliphatic rings. The van der Waals surface area contributed by atoms with Gasteiger partial charge in [0.05, 0.1) is 18.2 Å². The summed E-state index contributed by atoms with van der Waals surface area (Å²) in [6.07, 6.45) is 0. The van der Waals surface area contributed by atoms with Gasteiger partial charge in [0.15, 0.2) is 12.8 Å². The molecule has 2 atom stereocenters. The van der Waals surface area contributed by atoms with E-state index in [0.29, 0.717) is 32.8 Å². The number of esters is 1. The minimum atomic E-state index is -1.27. The summed E-state index contributed by atoms with van der Waals surface area (Å²) in [5.74, 6) is -3.88. The van der Waals surface area contributed by atoms with Gasteiger partial charge in [-0.3, -0.25) is 19.3 Å². The minimum Gasteiger partial charge on any atom is -0.462 e. The van der Waals surface area contributed by atoms with Gasteiger partial charge in [0.2, 0.25) is 5.78 Å². The number of nitrogens with zero attached hydrogens (tertiary/aromatic N) is 2. The standard InChI is InChI=1S/C27H23N2O6/c1-3-35-27(33)19-11-15-21(16-12-19)29-23(17-9-13-20(14-10-17)28(2)34)22(25(31)26(29)32)24(30)18-7-5-4-6-8-18/h4-16,22-23H,3H2,1-2H3/q+1. The molecule has 8 heteroatoms. The van der Waals surface area contributed by atoms with Gasteiger partial charge in [-0.2, -0.15) is 0 Å². The topological polar surface area (TPSA) is 101 Å². The number of Topliss-reactive ketones (excluding diaryl/α,β-unsaturated/α-hetero) is 2. The van der Waals surface area contributed by atoms with Crippen LogP contribution in [0.15, 0.2) is 78.9 Å². The van der Waals surface area contributed by atoms with E-state index in [0.717, 1.165) is 0 Å². The lowest BCUT2D eigenvalue weighted by atomic mass is 9.86. The summed E-state index contributed by atoms with van der Waals surface area (Å²) in [6.45, 7) is 1.92. The Morgan fingerprint density at radius 3 is 2.09 bits per heavy atom. The molecule has 3 aromatic rings. The Hall–Kier alpha value is -4.46. The maximum absolute atomic E-state index is 13.4. The van der Waals surface area contributed by atoms with Gasteiger partial charge in [-0.05, 0) is 36.8 Å². The fraction of sp³-hybridized carbons (Fsp3) is 0.185. The molecule has 1 amide bonds. The SMILES string of the molecule is CCOC(=O)c1ccc(N2C(=O)C(=O)C(C(=O)c3ccccc3)C2c2ccc([N+](C)=O)cc2)cc1. The van der Waals surface area contributed by atoms with Crippen molar-refractivity contribution in [3.05, 3.63) is 100 Å². The number of carbonyl (C=O) groups is 4. The Bertz CT molecular complexity index is 1300. The molecule has 0 radical (unpaired) electrons. The van der Waals surface area contributed by atoms with Crippen LogP contribution >= 0.6 is 0 Å². The minimum absolute atomic E-state index is 0.222. The summed E-state index contributed by atoms with van der Waals surface area (Å²) in [7, 11) is 1.36. The molecule has 0 N–H and O–H groups in total. The van der Waals surface area contributed by atoms with Gasteiger partial charge in [0.1, 0.15) is 5.92 Å². The van der Waals surface area contributed by atoms with Crippen LogP contribution in [0.1, 0.15) is 39.2 Å². The number of nitroso groups, excluding NO2 is 1. The van der Waals surface area contributed by atoms with E-state index >= 15 is 0 Å². The highest BCUT2D eigenvalue weighted by atomic mass is 16.5. The number of ketones is 2. The molecule has 1 aliphatic heterocycles. The first-order valence-electron chi connectivity index (χ1n) is 11.1. The zero-order valence-corrected chi connectivity index (χ0v) is 19.2. The normalized spacial score (nSPS) is 17.4. The van der Waals surface area contributed by atoms with E-state index in [9.17, 15) is 24.1 Å². The van der Waals surface area contributed by atoms with Crippen molar-refractivity contribution in [2.24, 2.45) is 5.92 Å². The number of carbonyl (C=O) groups excluding carboxylic acids is 4. The van der Waals surface area contributed by atoms with Crippen LogP contribution < -0.4 is 4.90 Å². The molecule has 2 unspecified atom stereocenters. The van der Waals surface area contributed by atoms with Crippen LogP contribution in [0, 0.1) is 10.8 Å². The lowest BCUT2D eigenvalue weighted by Crippen LogP contribution is -2.30. The summed E-state index contributed by atoms with van der Waals surface area (Å²) in [4.78, 5) is 64.8. The fourth-order valence-electron chi connectivity index (χ4n) is 4.19. The molecule has 0 saturated carbocycles. The summed E-state index contributed by atoms with van der Waals surface area (Å²) in [6, 6.07) is 19.9. The van der Waals surface area contributed by atoms with E-state index in [1.165, 1.54) is 24.1 Å². The Morgan fingerprint density at radius 1 is 0.886 bits per heavy atom. The summed E-state index contributed by atoms with van der Waals surface area (Å²) in [5, 5.41) is 0. The van der Waals surface area contributed by atoms with Gasteiger partial charge in [-0.25, -0.2) is 4.79 Å². The molecule has 1 fully saturated rings. The quantitative estimate of drug-likeness (QED) is 0.169. The van der Waals surface area contributed by atoms with E-state index in [4.69, 9.17) is 4.74 Å². The maximum atomic E-state index is 13.4. The maximum Gasteiger partial charge on any atom is 0.338 e. The number of rotatable bonds is 7. The summed E-state index contributed by atoms with van der Waals surface area (Å²) in [5.41, 5.74) is 1.89. The number of hydrogen-bond donors (Lipinski definition) is 0. The predicted octanol–water partition coefficient (Wildman–Crippen LogP) is 4.06. The van der Waals surface area contributed by atoms with Crippen molar-refractivity contribution in [3.8, 4) is 0 Å². The van der Waals surface area contributed by atoms with Crippen molar-refractivity contribution in [1.29, 1.82) is 0 Å². The number of benzene rings is 3. The van der Waals surface area contributed by atoms with Crippen molar-refractivity contribution in [3.63, 3.8) is 0 Å². The van der Waals surface area contributed by atoms with Gasteiger partial charge in [0, 0.05) is 33.1 Å². The lowest BCUT2D eigenvalue weighted by molar-refractivity contribution is -0.428. The van der Waals surface area contributed by atoms with Crippen molar-refractivity contribution in [1.82, 2.24) is 0 Å². The van der Waals surface area contributed by atoms with Gasteiger partial charge in [-0.1, -0.05) is 42.5 Å². The van der Waals surface area contributed by atoms with Crippen molar-refractivity contribution in [2.45, 2.75) is 13.0 Å². The van der Waals surface area contributed by atoms with Crippen LogP contribution in [0.25, 0.3) is 0 Å². The van der Waals surface area contributed by atoms with Crippen LogP contribution in [0.5, 0.6) is 0 Å². The number of ether oxygens (including phenoxy) is 1. The zero-order valence-electron chi connectivity index (χ0n) is 19.2. The second-order valence-electron chi connectivity index (χ2n) is 8.05. The first-order chi connectivity index (χ1) is 16.8. The molecular weight excluding hydrogens is 448 g/mol. The number of hydrogen-bond acceptors (Lipinski definition) is 6. The molecule has 176 valence electrons. The van der Waals surface area contributed by atoms with Gasteiger partial charge < -0.3 is 4.74 Å². The number of amides is 1. The highest BCUT2D eigenvalue weighted by molar-refractivity contribution is 6.49. The number of anilines is 1. The molecular formula is C27H23N2O6+. The van der Waals surface area contributed by atoms with E-state index in [-0.39, 0.29) is 6.61 Å². The summed E-state index contributed by atoms with van der Waals surface area (Å²) >= 11 is 0. The molecule has 3 aromatic carbocycles. The predicted molar refractivity (Wildman–Crippen MR) is 128 cm³/mol. The van der Waals surface area contributed by atoms with E-state index in [1.54, 1.807) is 73.7 Å². The van der Waals surface area contributed by atoms with E-state index in [1.807, 2.05) is 0 Å². The molecule has 4 rings (SSSR count). The molecule has 1 saturated heterocycles. The molecule has 35 heavy (non-hydrogen) atoms. The third-order valence-electron chi connectivity index (χ3n) is 5.90. The Balaban J connectivity index is 1.80. The van der Waals surface area contributed by atoms with E-state index < -0.39 is 35.4 Å². The summed E-state index contributed by atoms with van der Waals surface area (Å²) < 4.78 is 5.69. The van der Waals surface area contributed by atoms with Crippen molar-refractivity contribution < 1.29 is 28.7 Å². The van der Waals surface area contributed by atoms with Crippen molar-refractivity contribution in [2.75, 3.05) is 18.6 Å². The zero-order chi connectivity index (χ0) is 25.1. The first-order valence-corrected chi connectivity index (χ1v) is 11.1. The van der Waals surface area contributed by atoms with Crippen LogP contribution in [0.3, 0.4) is 0 Å². The van der Waals surface area contributed by atoms with Crippen LogP contribution in [-0.2, 0) is 14.3 Å². The Labute approximate surface area is 201 Å². The van der Waals surface area contributed by atoms with Crippen LogP contribution in [-0.4, -0.2) is 41.9 Å². The molecule has 0 spiro atoms. The largest absolute Gasteiger partial charge is 0.462 e. The molecule has 0 aromatic heterocycles. The third-order valence-corrected chi connectivity index (χ3v) is 5.90. The van der Waals surface area contributed by atoms with Crippen LogP contribution in [0.4, 0.5) is 11.4 Å². The highest BCUT2D eigenvalue weighted by Crippen LogP contribution is 2.41. The smallest absolute Gasteiger partial charge is 0.338 e. The monoisotopic (exact) mass is 471 g/mol. The average molecular weight is 471 g/mol. The van der Waals surface area contributed by atoms with E-state index in [2.05, 4.69) is 0 Å². The van der Waals surface area contributed by atoms with Crippen LogP contribution in [0.2, 0.25) is 0 Å². The second-order valence-corrected chi connectivity index (χ2v) is 8.05. The first kappa shape index (κ1) is 23.7. The molecule has 8 nitrogen and oxygen atoms in total. The molecule has 0 bridgehead atoms. The Kier molecular flexibility index (Phi) is 6.64. The van der Waals surface area contributed by atoms with Crippen molar-refractivity contribution >= 4 is 34.8 Å². The van der Waals surface area contributed by atoms with Gasteiger partial charge in [-0.15, -0.1) is 0 Å². The molecule has 0 aliphatic carbocycles.